The molecule has 1 aromatic carbocycles. The average molecular weight is 587 g/mol. The number of benzene rings is 1. The van der Waals surface area contributed by atoms with E-state index in [0.29, 0.717) is 5.78 Å². The van der Waals surface area contributed by atoms with Gasteiger partial charge in [0, 0.05) is 56.9 Å². The van der Waals surface area contributed by atoms with Gasteiger partial charge in [-0.3, -0.25) is 18.9 Å². The van der Waals surface area contributed by atoms with Gasteiger partial charge in [-0.1, -0.05) is 0 Å². The van der Waals surface area contributed by atoms with Crippen LogP contribution in [0.3, 0.4) is 0 Å². The van der Waals surface area contributed by atoms with Crippen molar-refractivity contribution in [2.75, 3.05) is 56.2 Å². The molecule has 0 spiro atoms. The number of halogens is 2. The lowest BCUT2D eigenvalue weighted by atomic mass is 10.1. The van der Waals surface area contributed by atoms with Gasteiger partial charge in [-0.15, -0.1) is 0 Å². The molecule has 42 heavy (non-hydrogen) atoms. The number of fused-ring (bicyclic) bond motifs is 1. The number of carbonyl (C=O) groups is 4. The molecular weight excluding hydrogens is 558 g/mol. The Hall–Kier alpha value is -5.02. The third-order valence-electron chi connectivity index (χ3n) is 6.94. The zero-order chi connectivity index (χ0) is 30.0. The zero-order valence-electron chi connectivity index (χ0n) is 22.8. The van der Waals surface area contributed by atoms with Crippen molar-refractivity contribution in [1.29, 1.82) is 0 Å². The van der Waals surface area contributed by atoms with Gasteiger partial charge < -0.3 is 29.9 Å². The summed E-state index contributed by atoms with van der Waals surface area (Å²) in [5.74, 6) is -2.28. The third-order valence-corrected chi connectivity index (χ3v) is 6.94. The van der Waals surface area contributed by atoms with Gasteiger partial charge in [-0.2, -0.15) is 0 Å². The fraction of sp³-hybridized carbons (Fsp3) is 0.385. The number of ether oxygens (including phenoxy) is 2. The Labute approximate surface area is 238 Å². The van der Waals surface area contributed by atoms with Crippen LogP contribution >= 0.6 is 0 Å². The van der Waals surface area contributed by atoms with Gasteiger partial charge in [0.25, 0.3) is 5.91 Å². The molecule has 2 aromatic heterocycles. The number of anilines is 2. The summed E-state index contributed by atoms with van der Waals surface area (Å²) in [7, 11) is 1.19. The molecule has 2 aliphatic heterocycles. The SMILES string of the molecule is COC(=O)NC[C@H]1CN(c2cc(F)c(N3CCN(C(=O)[C@H](C)NC(=O)c4cn5cccnc5n4)CC3)c(F)c2)C(=O)O1. The minimum atomic E-state index is -0.878. The summed E-state index contributed by atoms with van der Waals surface area (Å²) in [6.07, 6.45) is 2.53. The van der Waals surface area contributed by atoms with Crippen LogP contribution < -0.4 is 20.4 Å². The van der Waals surface area contributed by atoms with E-state index in [1.807, 2.05) is 0 Å². The number of hydrogen-bond acceptors (Lipinski definition) is 9. The Morgan fingerprint density at radius 1 is 1.17 bits per heavy atom. The van der Waals surface area contributed by atoms with Crippen LogP contribution in [0.25, 0.3) is 5.78 Å². The second-order valence-electron chi connectivity index (χ2n) is 9.71. The summed E-state index contributed by atoms with van der Waals surface area (Å²) in [6.45, 7) is 2.13. The van der Waals surface area contributed by atoms with E-state index >= 15 is 8.78 Å². The first-order chi connectivity index (χ1) is 20.1. The number of alkyl carbamates (subject to hydrolysis) is 1. The fourth-order valence-electron chi connectivity index (χ4n) is 4.81. The van der Waals surface area contributed by atoms with E-state index < -0.39 is 41.9 Å². The summed E-state index contributed by atoms with van der Waals surface area (Å²) in [5, 5.41) is 5.04. The summed E-state index contributed by atoms with van der Waals surface area (Å²) >= 11 is 0. The van der Waals surface area contributed by atoms with E-state index in [9.17, 15) is 19.2 Å². The first kappa shape index (κ1) is 28.5. The minimum absolute atomic E-state index is 0.0232. The van der Waals surface area contributed by atoms with E-state index in [1.54, 1.807) is 29.8 Å². The maximum Gasteiger partial charge on any atom is 0.414 e. The van der Waals surface area contributed by atoms with Gasteiger partial charge >= 0.3 is 12.2 Å². The van der Waals surface area contributed by atoms with Crippen molar-refractivity contribution in [1.82, 2.24) is 29.9 Å². The van der Waals surface area contributed by atoms with Crippen molar-refractivity contribution in [2.24, 2.45) is 0 Å². The van der Waals surface area contributed by atoms with Crippen LogP contribution in [0.15, 0.2) is 36.8 Å². The van der Waals surface area contributed by atoms with E-state index in [4.69, 9.17) is 4.74 Å². The van der Waals surface area contributed by atoms with Crippen LogP contribution in [-0.4, -0.2) is 102 Å². The van der Waals surface area contributed by atoms with Crippen molar-refractivity contribution in [3.8, 4) is 0 Å². The molecule has 2 atom stereocenters. The van der Waals surface area contributed by atoms with Gasteiger partial charge in [0.1, 0.15) is 23.5 Å². The van der Waals surface area contributed by atoms with Crippen LogP contribution in [-0.2, 0) is 14.3 Å². The fourth-order valence-corrected chi connectivity index (χ4v) is 4.81. The Morgan fingerprint density at radius 2 is 1.88 bits per heavy atom. The number of amides is 4. The lowest BCUT2D eigenvalue weighted by Crippen LogP contribution is -2.54. The molecule has 16 heteroatoms. The molecule has 0 unspecified atom stereocenters. The van der Waals surface area contributed by atoms with Crippen LogP contribution in [0.4, 0.5) is 29.7 Å². The second kappa shape index (κ2) is 11.8. The average Bonchev–Trinajstić information content (AvgIpc) is 3.59. The number of methoxy groups -OCH3 is 1. The summed E-state index contributed by atoms with van der Waals surface area (Å²) in [4.78, 5) is 61.4. The number of rotatable bonds is 7. The second-order valence-corrected chi connectivity index (χ2v) is 9.71. The normalized spacial score (nSPS) is 17.7. The lowest BCUT2D eigenvalue weighted by Gasteiger charge is -2.37. The molecule has 2 aliphatic rings. The molecule has 2 fully saturated rings. The van der Waals surface area contributed by atoms with Crippen molar-refractivity contribution < 1.29 is 37.4 Å². The molecule has 14 nitrogen and oxygen atoms in total. The van der Waals surface area contributed by atoms with E-state index in [1.165, 1.54) is 23.1 Å². The van der Waals surface area contributed by atoms with E-state index in [-0.39, 0.29) is 62.2 Å². The van der Waals surface area contributed by atoms with Crippen LogP contribution in [0.2, 0.25) is 0 Å². The number of aromatic nitrogens is 3. The van der Waals surface area contributed by atoms with Crippen molar-refractivity contribution >= 4 is 41.2 Å². The Kier molecular flexibility index (Phi) is 8.04. The number of hydrogen-bond donors (Lipinski definition) is 2. The number of piperazine rings is 1. The summed E-state index contributed by atoms with van der Waals surface area (Å²) in [6, 6.07) is 2.92. The highest BCUT2D eigenvalue weighted by Crippen LogP contribution is 2.31. The molecule has 2 saturated heterocycles. The summed E-state index contributed by atoms with van der Waals surface area (Å²) in [5.41, 5.74) is -0.189. The lowest BCUT2D eigenvalue weighted by molar-refractivity contribution is -0.133. The van der Waals surface area contributed by atoms with Crippen molar-refractivity contribution in [3.05, 3.63) is 54.1 Å². The smallest absolute Gasteiger partial charge is 0.414 e. The third kappa shape index (κ3) is 5.87. The molecule has 2 N–H and O–H groups in total. The molecule has 222 valence electrons. The number of nitrogens with one attached hydrogen (secondary N) is 2. The van der Waals surface area contributed by atoms with Crippen LogP contribution in [0.5, 0.6) is 0 Å². The largest absolute Gasteiger partial charge is 0.453 e. The Bertz CT molecular complexity index is 1470. The molecular formula is C26H28F2N8O6. The first-order valence-corrected chi connectivity index (χ1v) is 13.1. The van der Waals surface area contributed by atoms with Crippen LogP contribution in [0, 0.1) is 11.6 Å². The maximum atomic E-state index is 15.2. The molecule has 0 bridgehead atoms. The summed E-state index contributed by atoms with van der Waals surface area (Å²) < 4.78 is 41.5. The van der Waals surface area contributed by atoms with Gasteiger partial charge in [0.2, 0.25) is 11.7 Å². The van der Waals surface area contributed by atoms with E-state index in [2.05, 4.69) is 25.3 Å². The molecule has 0 aliphatic carbocycles. The minimum Gasteiger partial charge on any atom is -0.453 e. The monoisotopic (exact) mass is 586 g/mol. The molecule has 5 rings (SSSR count). The molecule has 3 aromatic rings. The van der Waals surface area contributed by atoms with Crippen molar-refractivity contribution in [2.45, 2.75) is 19.1 Å². The molecule has 4 amide bonds. The number of imidazole rings is 1. The highest BCUT2D eigenvalue weighted by Gasteiger charge is 2.35. The van der Waals surface area contributed by atoms with Gasteiger partial charge in [0.15, 0.2) is 11.6 Å². The van der Waals surface area contributed by atoms with Gasteiger partial charge in [0.05, 0.1) is 25.9 Å². The molecule has 4 heterocycles. The predicted octanol–water partition coefficient (Wildman–Crippen LogP) is 1.16. The number of nitrogens with zero attached hydrogens (tertiary/aromatic N) is 6. The molecule has 0 radical (unpaired) electrons. The Balaban J connectivity index is 1.17. The standard InChI is InChI=1S/C26H28F2N8O6/c1-15(31-22(37)20-14-35-5-3-4-29-24(35)32-20)23(38)34-8-6-33(7-9-34)21-18(27)10-16(11-19(21)28)36-13-17(42-26(36)40)12-30-25(39)41-2/h3-5,10-11,14-15,17H,6-9,12-13H2,1-2H3,(H,30,39)(H,31,37)/t15-,17-/m0/s1. The zero-order valence-corrected chi connectivity index (χ0v) is 22.8. The Morgan fingerprint density at radius 3 is 2.55 bits per heavy atom. The van der Waals surface area contributed by atoms with Crippen LogP contribution in [0.1, 0.15) is 17.4 Å². The van der Waals surface area contributed by atoms with E-state index in [0.717, 1.165) is 17.0 Å². The highest BCUT2D eigenvalue weighted by molar-refractivity contribution is 5.96. The first-order valence-electron chi connectivity index (χ1n) is 13.1. The maximum absolute atomic E-state index is 15.2. The van der Waals surface area contributed by atoms with Gasteiger partial charge in [-0.25, -0.2) is 28.3 Å². The van der Waals surface area contributed by atoms with Crippen molar-refractivity contribution in [3.63, 3.8) is 0 Å². The number of carbonyl (C=O) groups excluding carboxylic acids is 4. The molecule has 0 saturated carbocycles. The predicted molar refractivity (Wildman–Crippen MR) is 143 cm³/mol. The van der Waals surface area contributed by atoms with Gasteiger partial charge in [-0.05, 0) is 13.0 Å². The quantitative estimate of drug-likeness (QED) is 0.416. The highest BCUT2D eigenvalue weighted by atomic mass is 19.1. The number of cyclic esters (lactones) is 1. The topological polar surface area (TPSA) is 151 Å².